The standard InChI is InChI=1S/C15H19F3N2O3/c16-15(17,18)6-5-10-1-3-11(4-2-10)19-14(23)20-8-13(22)7-12(20)9-21/h1-4,12-13,21-22H,5-9H2,(H,19,23)/t12-,13-/m0/s1. The second-order valence-electron chi connectivity index (χ2n) is 5.62. The summed E-state index contributed by atoms with van der Waals surface area (Å²) in [6.45, 7) is -0.0956. The summed E-state index contributed by atoms with van der Waals surface area (Å²) in [6.07, 6.45) is -5.53. The number of nitrogens with one attached hydrogen (secondary N) is 1. The first-order valence-electron chi connectivity index (χ1n) is 7.30. The predicted molar refractivity (Wildman–Crippen MR) is 78.0 cm³/mol. The topological polar surface area (TPSA) is 72.8 Å². The van der Waals surface area contributed by atoms with Crippen molar-refractivity contribution in [2.24, 2.45) is 0 Å². The molecule has 2 amide bonds. The molecule has 1 aliphatic rings. The Kier molecular flexibility index (Phi) is 5.48. The Bertz CT molecular complexity index is 534. The third-order valence-corrected chi connectivity index (χ3v) is 3.77. The van der Waals surface area contributed by atoms with Gasteiger partial charge in [-0.15, -0.1) is 0 Å². The summed E-state index contributed by atoms with van der Waals surface area (Å²) >= 11 is 0. The molecule has 0 aliphatic carbocycles. The van der Waals surface area contributed by atoms with Crippen molar-refractivity contribution < 1.29 is 28.2 Å². The number of carbonyl (C=O) groups excluding carboxylic acids is 1. The van der Waals surface area contributed by atoms with E-state index in [2.05, 4.69) is 5.32 Å². The molecule has 128 valence electrons. The number of hydrogen-bond acceptors (Lipinski definition) is 3. The number of likely N-dealkylation sites (tertiary alicyclic amines) is 1. The summed E-state index contributed by atoms with van der Waals surface area (Å²) in [7, 11) is 0. The van der Waals surface area contributed by atoms with Gasteiger partial charge in [-0.1, -0.05) is 12.1 Å². The minimum Gasteiger partial charge on any atom is -0.394 e. The van der Waals surface area contributed by atoms with Crippen molar-refractivity contribution in [3.8, 4) is 0 Å². The second-order valence-corrected chi connectivity index (χ2v) is 5.62. The van der Waals surface area contributed by atoms with Gasteiger partial charge in [0.2, 0.25) is 0 Å². The number of nitrogens with zero attached hydrogens (tertiary/aromatic N) is 1. The van der Waals surface area contributed by atoms with E-state index in [1.807, 2.05) is 0 Å². The zero-order chi connectivity index (χ0) is 17.0. The van der Waals surface area contributed by atoms with Gasteiger partial charge in [0.1, 0.15) is 0 Å². The van der Waals surface area contributed by atoms with Crippen LogP contribution in [-0.4, -0.2) is 52.6 Å². The molecule has 0 saturated carbocycles. The number of aliphatic hydroxyl groups is 2. The lowest BCUT2D eigenvalue weighted by molar-refractivity contribution is -0.133. The first-order chi connectivity index (χ1) is 10.8. The molecule has 5 nitrogen and oxygen atoms in total. The maximum absolute atomic E-state index is 12.2. The highest BCUT2D eigenvalue weighted by Gasteiger charge is 2.33. The van der Waals surface area contributed by atoms with Crippen LogP contribution < -0.4 is 5.32 Å². The van der Waals surface area contributed by atoms with Crippen LogP contribution in [0.5, 0.6) is 0 Å². The van der Waals surface area contributed by atoms with Crippen molar-refractivity contribution in [1.82, 2.24) is 4.90 Å². The van der Waals surface area contributed by atoms with Crippen molar-refractivity contribution >= 4 is 11.7 Å². The number of amides is 2. The molecule has 1 saturated heterocycles. The smallest absolute Gasteiger partial charge is 0.389 e. The maximum atomic E-state index is 12.2. The van der Waals surface area contributed by atoms with E-state index in [0.29, 0.717) is 17.7 Å². The van der Waals surface area contributed by atoms with Crippen LogP contribution in [0.15, 0.2) is 24.3 Å². The fourth-order valence-corrected chi connectivity index (χ4v) is 2.55. The van der Waals surface area contributed by atoms with E-state index in [-0.39, 0.29) is 19.6 Å². The monoisotopic (exact) mass is 332 g/mol. The maximum Gasteiger partial charge on any atom is 0.389 e. The molecule has 0 bridgehead atoms. The lowest BCUT2D eigenvalue weighted by atomic mass is 10.1. The highest BCUT2D eigenvalue weighted by Crippen LogP contribution is 2.23. The average molecular weight is 332 g/mol. The number of β-amino-alcohol motifs (C(OH)–C–C–N with tert-alkyl or cyclic N) is 1. The lowest BCUT2D eigenvalue weighted by Crippen LogP contribution is -2.40. The first kappa shape index (κ1) is 17.6. The molecular formula is C15H19F3N2O3. The van der Waals surface area contributed by atoms with E-state index in [9.17, 15) is 28.2 Å². The third-order valence-electron chi connectivity index (χ3n) is 3.77. The summed E-state index contributed by atoms with van der Waals surface area (Å²) in [5.74, 6) is 0. The largest absolute Gasteiger partial charge is 0.394 e. The summed E-state index contributed by atoms with van der Waals surface area (Å²) in [5, 5.41) is 21.4. The number of alkyl halides is 3. The average Bonchev–Trinajstić information content (AvgIpc) is 2.87. The minimum atomic E-state index is -4.19. The number of anilines is 1. The van der Waals surface area contributed by atoms with Crippen molar-refractivity contribution in [2.45, 2.75) is 37.6 Å². The van der Waals surface area contributed by atoms with Gasteiger partial charge < -0.3 is 20.4 Å². The fraction of sp³-hybridized carbons (Fsp3) is 0.533. The molecule has 1 heterocycles. The number of aliphatic hydroxyl groups excluding tert-OH is 2. The van der Waals surface area contributed by atoms with Gasteiger partial charge in [0.05, 0.1) is 18.8 Å². The van der Waals surface area contributed by atoms with Gasteiger partial charge in [-0.3, -0.25) is 0 Å². The molecule has 0 spiro atoms. The molecule has 0 aromatic heterocycles. The SMILES string of the molecule is O=C(Nc1ccc(CCC(F)(F)F)cc1)N1C[C@@H](O)C[C@H]1CO. The van der Waals surface area contributed by atoms with E-state index >= 15 is 0 Å². The predicted octanol–water partition coefficient (Wildman–Crippen LogP) is 2.14. The zero-order valence-electron chi connectivity index (χ0n) is 12.4. The number of rotatable bonds is 4. The van der Waals surface area contributed by atoms with Gasteiger partial charge in [0, 0.05) is 18.7 Å². The van der Waals surface area contributed by atoms with Crippen LogP contribution in [0.25, 0.3) is 0 Å². The Balaban J connectivity index is 1.91. The molecule has 1 aromatic rings. The molecule has 2 atom stereocenters. The van der Waals surface area contributed by atoms with Crippen LogP contribution in [-0.2, 0) is 6.42 Å². The molecule has 8 heteroatoms. The van der Waals surface area contributed by atoms with E-state index < -0.39 is 30.8 Å². The third kappa shape index (κ3) is 5.11. The molecule has 3 N–H and O–H groups in total. The van der Waals surface area contributed by atoms with Gasteiger partial charge in [-0.25, -0.2) is 4.79 Å². The highest BCUT2D eigenvalue weighted by atomic mass is 19.4. The number of urea groups is 1. The van der Waals surface area contributed by atoms with Crippen LogP contribution in [0.1, 0.15) is 18.4 Å². The molecule has 23 heavy (non-hydrogen) atoms. The van der Waals surface area contributed by atoms with Crippen molar-refractivity contribution in [1.29, 1.82) is 0 Å². The van der Waals surface area contributed by atoms with Gasteiger partial charge in [0.15, 0.2) is 0 Å². The Hall–Kier alpha value is -1.80. The molecule has 2 rings (SSSR count). The van der Waals surface area contributed by atoms with Crippen LogP contribution in [0.2, 0.25) is 0 Å². The second kappa shape index (κ2) is 7.18. The first-order valence-corrected chi connectivity index (χ1v) is 7.30. The summed E-state index contributed by atoms with van der Waals surface area (Å²) in [4.78, 5) is 13.5. The Labute approximate surface area is 131 Å². The number of aryl methyl sites for hydroxylation is 1. The normalized spacial score (nSPS) is 21.5. The summed E-state index contributed by atoms with van der Waals surface area (Å²) < 4.78 is 36.5. The summed E-state index contributed by atoms with van der Waals surface area (Å²) in [6, 6.07) is 5.24. The van der Waals surface area contributed by atoms with E-state index in [1.165, 1.54) is 29.2 Å². The molecule has 1 fully saturated rings. The lowest BCUT2D eigenvalue weighted by Gasteiger charge is -2.23. The van der Waals surface area contributed by atoms with E-state index in [0.717, 1.165) is 0 Å². The Morgan fingerprint density at radius 2 is 1.96 bits per heavy atom. The molecule has 0 unspecified atom stereocenters. The summed E-state index contributed by atoms with van der Waals surface area (Å²) in [5.41, 5.74) is 0.981. The van der Waals surface area contributed by atoms with Crippen molar-refractivity contribution in [3.63, 3.8) is 0 Å². The Morgan fingerprint density at radius 3 is 2.52 bits per heavy atom. The highest BCUT2D eigenvalue weighted by molar-refractivity contribution is 5.89. The van der Waals surface area contributed by atoms with Gasteiger partial charge in [-0.2, -0.15) is 13.2 Å². The fourth-order valence-electron chi connectivity index (χ4n) is 2.55. The Morgan fingerprint density at radius 1 is 1.30 bits per heavy atom. The van der Waals surface area contributed by atoms with Crippen LogP contribution >= 0.6 is 0 Å². The molecule has 0 radical (unpaired) electrons. The van der Waals surface area contributed by atoms with Crippen LogP contribution in [0.4, 0.5) is 23.7 Å². The number of carbonyl (C=O) groups is 1. The van der Waals surface area contributed by atoms with Gasteiger partial charge in [0.25, 0.3) is 0 Å². The van der Waals surface area contributed by atoms with Crippen LogP contribution in [0, 0.1) is 0 Å². The molecule has 1 aliphatic heterocycles. The van der Waals surface area contributed by atoms with Crippen LogP contribution in [0.3, 0.4) is 0 Å². The number of halogens is 3. The van der Waals surface area contributed by atoms with Crippen molar-refractivity contribution in [3.05, 3.63) is 29.8 Å². The quantitative estimate of drug-likeness (QED) is 0.791. The molecule has 1 aromatic carbocycles. The van der Waals surface area contributed by atoms with E-state index in [4.69, 9.17) is 0 Å². The van der Waals surface area contributed by atoms with Crippen molar-refractivity contribution in [2.75, 3.05) is 18.5 Å². The zero-order valence-corrected chi connectivity index (χ0v) is 12.4. The number of benzene rings is 1. The molecular weight excluding hydrogens is 313 g/mol. The van der Waals surface area contributed by atoms with E-state index in [1.54, 1.807) is 0 Å². The van der Waals surface area contributed by atoms with Gasteiger partial charge in [-0.05, 0) is 30.5 Å². The van der Waals surface area contributed by atoms with Gasteiger partial charge >= 0.3 is 12.2 Å². The number of hydrogen-bond donors (Lipinski definition) is 3. The minimum absolute atomic E-state index is 0.109.